The van der Waals surface area contributed by atoms with Crippen molar-refractivity contribution < 1.29 is 20.1 Å². The van der Waals surface area contributed by atoms with Gasteiger partial charge in [0.15, 0.2) is 0 Å². The molecule has 11 atom stereocenters. The Bertz CT molecular complexity index is 1360. The van der Waals surface area contributed by atoms with Crippen LogP contribution in [0.25, 0.3) is 10.9 Å². The molecule has 4 saturated carbocycles. The quantitative estimate of drug-likeness (QED) is 0.188. The van der Waals surface area contributed by atoms with Gasteiger partial charge >= 0.3 is 0 Å². The van der Waals surface area contributed by atoms with Crippen LogP contribution in [0.15, 0.2) is 30.5 Å². The molecule has 0 spiro atoms. The predicted molar refractivity (Wildman–Crippen MR) is 180 cm³/mol. The van der Waals surface area contributed by atoms with E-state index in [1.165, 1.54) is 0 Å². The van der Waals surface area contributed by atoms with Gasteiger partial charge in [-0.25, -0.2) is 0 Å². The molecule has 8 heteroatoms. The number of fused-ring (bicyclic) bond motifs is 6. The van der Waals surface area contributed by atoms with Crippen molar-refractivity contribution in [1.29, 1.82) is 0 Å². The summed E-state index contributed by atoms with van der Waals surface area (Å²) in [7, 11) is 0. The minimum Gasteiger partial charge on any atom is -0.393 e. The first-order valence-electron chi connectivity index (χ1n) is 17.6. The van der Waals surface area contributed by atoms with Crippen molar-refractivity contribution >= 4 is 34.1 Å². The number of halogens is 1. The highest BCUT2D eigenvalue weighted by atomic mass is 35.5. The van der Waals surface area contributed by atoms with Crippen molar-refractivity contribution in [2.75, 3.05) is 18.4 Å². The SMILES string of the molecule is C[C@H](CCC(=O)NCCCCNc1ccnc2cc(Cl)ccc12)[C@H]1CC[C@H]2[C@@H]3[C@H](O)C[C@@H]4C[C@H](O)CC[C@]4(C)[C@H]3C[C@H](O)[C@]12C. The molecule has 1 amide bonds. The highest BCUT2D eigenvalue weighted by molar-refractivity contribution is 6.31. The van der Waals surface area contributed by atoms with Gasteiger partial charge in [-0.05, 0) is 135 Å². The largest absolute Gasteiger partial charge is 0.393 e. The van der Waals surface area contributed by atoms with Crippen molar-refractivity contribution in [2.45, 2.75) is 110 Å². The molecule has 6 rings (SSSR count). The summed E-state index contributed by atoms with van der Waals surface area (Å²) in [5.41, 5.74) is 1.78. The molecule has 4 fully saturated rings. The standard InChI is InChI=1S/C37H54ClN3O4/c1-22(6-11-34(45)41-16-5-4-15-39-30-13-17-40-31-20-24(38)7-8-26(30)31)27-9-10-28-35-29(21-33(44)37(27,28)3)36(2)14-12-25(42)18-23(36)19-32(35)43/h7-8,13,17,20,22-23,25,27-29,32-33,35,42-44H,4-6,9-12,14-16,18-19,21H2,1-3H3,(H,39,40)(H,41,45)/t22-,23+,25-,27-,28+,29+,32-,33+,35+,36+,37-/m1/s1. The number of nitrogens with zero attached hydrogens (tertiary/aromatic N) is 1. The van der Waals surface area contributed by atoms with Crippen LogP contribution in [0.4, 0.5) is 5.69 Å². The first kappa shape index (κ1) is 33.0. The van der Waals surface area contributed by atoms with Crippen LogP contribution >= 0.6 is 11.6 Å². The van der Waals surface area contributed by atoms with Crippen LogP contribution in [0.5, 0.6) is 0 Å². The topological polar surface area (TPSA) is 115 Å². The van der Waals surface area contributed by atoms with Gasteiger partial charge in [-0.3, -0.25) is 9.78 Å². The van der Waals surface area contributed by atoms with Crippen LogP contribution in [-0.2, 0) is 4.79 Å². The monoisotopic (exact) mass is 639 g/mol. The number of aromatic nitrogens is 1. The lowest BCUT2D eigenvalue weighted by Crippen LogP contribution is -2.62. The Hall–Kier alpha value is -1.93. The lowest BCUT2D eigenvalue weighted by Gasteiger charge is -2.63. The predicted octanol–water partition coefficient (Wildman–Crippen LogP) is 6.57. The summed E-state index contributed by atoms with van der Waals surface area (Å²) in [6.07, 6.45) is 10.2. The first-order chi connectivity index (χ1) is 21.5. The van der Waals surface area contributed by atoms with Gasteiger partial charge in [-0.2, -0.15) is 0 Å². The molecular weight excluding hydrogens is 586 g/mol. The van der Waals surface area contributed by atoms with Gasteiger partial charge in [0.25, 0.3) is 0 Å². The van der Waals surface area contributed by atoms with E-state index in [1.54, 1.807) is 6.20 Å². The molecule has 4 aliphatic rings. The fourth-order valence-electron chi connectivity index (χ4n) is 10.8. The molecule has 7 nitrogen and oxygen atoms in total. The third-order valence-electron chi connectivity index (χ3n) is 13.3. The van der Waals surface area contributed by atoms with Crippen molar-refractivity contribution in [3.05, 3.63) is 35.5 Å². The minimum absolute atomic E-state index is 0.0888. The Morgan fingerprint density at radius 3 is 2.67 bits per heavy atom. The number of aliphatic hydroxyl groups excluding tert-OH is 3. The molecule has 0 saturated heterocycles. The molecule has 0 bridgehead atoms. The maximum Gasteiger partial charge on any atom is 0.220 e. The molecule has 248 valence electrons. The number of hydrogen-bond acceptors (Lipinski definition) is 6. The molecule has 2 aromatic rings. The van der Waals surface area contributed by atoms with Gasteiger partial charge in [0.1, 0.15) is 0 Å². The zero-order chi connectivity index (χ0) is 31.9. The Balaban J connectivity index is 0.963. The molecule has 4 aliphatic carbocycles. The number of carbonyl (C=O) groups is 1. The molecule has 1 aromatic carbocycles. The van der Waals surface area contributed by atoms with Crippen LogP contribution in [-0.4, -0.2) is 57.6 Å². The van der Waals surface area contributed by atoms with Gasteiger partial charge in [0, 0.05) is 41.8 Å². The van der Waals surface area contributed by atoms with E-state index < -0.39 is 6.10 Å². The molecular formula is C37H54ClN3O4. The van der Waals surface area contributed by atoms with Gasteiger partial charge in [-0.15, -0.1) is 0 Å². The van der Waals surface area contributed by atoms with E-state index in [0.717, 1.165) is 87.3 Å². The number of pyridine rings is 1. The highest BCUT2D eigenvalue weighted by Gasteiger charge is 2.65. The van der Waals surface area contributed by atoms with E-state index in [-0.39, 0.29) is 34.9 Å². The van der Waals surface area contributed by atoms with E-state index in [4.69, 9.17) is 11.6 Å². The van der Waals surface area contributed by atoms with E-state index in [9.17, 15) is 20.1 Å². The van der Waals surface area contributed by atoms with Gasteiger partial charge < -0.3 is 26.0 Å². The molecule has 0 radical (unpaired) electrons. The Kier molecular flexibility index (Phi) is 9.74. The second-order valence-corrected chi connectivity index (χ2v) is 16.0. The van der Waals surface area contributed by atoms with Crippen LogP contribution in [0.1, 0.15) is 91.4 Å². The van der Waals surface area contributed by atoms with Crippen molar-refractivity contribution in [2.24, 2.45) is 46.3 Å². The molecule has 1 aromatic heterocycles. The lowest BCUT2D eigenvalue weighted by molar-refractivity contribution is -0.207. The number of aliphatic hydroxyl groups is 3. The third kappa shape index (κ3) is 6.24. The average molecular weight is 640 g/mol. The maximum atomic E-state index is 12.8. The molecule has 0 aliphatic heterocycles. The van der Waals surface area contributed by atoms with Crippen molar-refractivity contribution in [3.8, 4) is 0 Å². The Morgan fingerprint density at radius 1 is 1.04 bits per heavy atom. The Labute approximate surface area is 273 Å². The number of hydrogen-bond donors (Lipinski definition) is 5. The highest BCUT2D eigenvalue weighted by Crippen LogP contribution is 2.68. The van der Waals surface area contributed by atoms with E-state index in [0.29, 0.717) is 47.6 Å². The zero-order valence-electron chi connectivity index (χ0n) is 27.4. The summed E-state index contributed by atoms with van der Waals surface area (Å²) in [6.45, 7) is 8.42. The first-order valence-corrected chi connectivity index (χ1v) is 18.0. The third-order valence-corrected chi connectivity index (χ3v) is 13.5. The number of carbonyl (C=O) groups excluding carboxylic acids is 1. The average Bonchev–Trinajstić information content (AvgIpc) is 3.37. The normalized spacial score (nSPS) is 38.2. The number of rotatable bonds is 10. The van der Waals surface area contributed by atoms with Gasteiger partial charge in [0.2, 0.25) is 5.91 Å². The van der Waals surface area contributed by atoms with E-state index >= 15 is 0 Å². The lowest BCUT2D eigenvalue weighted by atomic mass is 9.43. The zero-order valence-corrected chi connectivity index (χ0v) is 28.1. The second kappa shape index (κ2) is 13.3. The van der Waals surface area contributed by atoms with Crippen molar-refractivity contribution in [1.82, 2.24) is 10.3 Å². The minimum atomic E-state index is -0.390. The number of unbranched alkanes of at least 4 members (excludes halogenated alkanes) is 1. The molecule has 5 N–H and O–H groups in total. The van der Waals surface area contributed by atoms with Gasteiger partial charge in [0.05, 0.1) is 23.8 Å². The maximum absolute atomic E-state index is 12.8. The Morgan fingerprint density at radius 2 is 1.84 bits per heavy atom. The van der Waals surface area contributed by atoms with E-state index in [1.807, 2.05) is 24.3 Å². The summed E-state index contributed by atoms with van der Waals surface area (Å²) in [5.74, 6) is 1.97. The number of amides is 1. The second-order valence-electron chi connectivity index (χ2n) is 15.5. The van der Waals surface area contributed by atoms with Crippen molar-refractivity contribution in [3.63, 3.8) is 0 Å². The fourth-order valence-corrected chi connectivity index (χ4v) is 10.9. The molecule has 1 heterocycles. The molecule has 45 heavy (non-hydrogen) atoms. The molecule has 0 unspecified atom stereocenters. The van der Waals surface area contributed by atoms with Crippen LogP contribution in [0.3, 0.4) is 0 Å². The summed E-state index contributed by atoms with van der Waals surface area (Å²) >= 11 is 6.10. The number of benzene rings is 1. The number of anilines is 1. The van der Waals surface area contributed by atoms with Crippen LogP contribution in [0, 0.1) is 46.3 Å². The summed E-state index contributed by atoms with van der Waals surface area (Å²) in [5, 5.41) is 42.0. The number of nitrogens with one attached hydrogen (secondary N) is 2. The van der Waals surface area contributed by atoms with Crippen LogP contribution in [0.2, 0.25) is 5.02 Å². The summed E-state index contributed by atoms with van der Waals surface area (Å²) < 4.78 is 0. The van der Waals surface area contributed by atoms with Crippen LogP contribution < -0.4 is 10.6 Å². The summed E-state index contributed by atoms with van der Waals surface area (Å²) in [4.78, 5) is 17.2. The smallest absolute Gasteiger partial charge is 0.220 e. The van der Waals surface area contributed by atoms with Gasteiger partial charge in [-0.1, -0.05) is 32.4 Å². The van der Waals surface area contributed by atoms with E-state index in [2.05, 4.69) is 36.4 Å². The summed E-state index contributed by atoms with van der Waals surface area (Å²) in [6, 6.07) is 7.72. The fraction of sp³-hybridized carbons (Fsp3) is 0.730.